The molecule has 0 aliphatic carbocycles. The number of nitrogens with zero attached hydrogens (tertiary/aromatic N) is 2. The van der Waals surface area contributed by atoms with Gasteiger partial charge in [0.25, 0.3) is 0 Å². The Morgan fingerprint density at radius 1 is 0.279 bits per heavy atom. The number of benzene rings is 9. The van der Waals surface area contributed by atoms with Gasteiger partial charge in [-0.25, -0.2) is 0 Å². The first-order valence-corrected chi connectivity index (χ1v) is 24.0. The van der Waals surface area contributed by atoms with Gasteiger partial charge in [0.15, 0.2) is 0 Å². The van der Waals surface area contributed by atoms with E-state index in [0.29, 0.717) is 0 Å². The van der Waals surface area contributed by atoms with Crippen molar-refractivity contribution in [3.8, 4) is 0 Å². The van der Waals surface area contributed by atoms with E-state index in [4.69, 9.17) is 0 Å². The van der Waals surface area contributed by atoms with Gasteiger partial charge in [0.1, 0.15) is 0 Å². The predicted octanol–water partition coefficient (Wildman–Crippen LogP) is 18.4. The lowest BCUT2D eigenvalue weighted by Gasteiger charge is -2.35. The average molecular weight is 881 g/mol. The molecule has 68 heavy (non-hydrogen) atoms. The van der Waals surface area contributed by atoms with Gasteiger partial charge in [-0.1, -0.05) is 222 Å². The molecule has 2 nitrogen and oxygen atoms in total. The van der Waals surface area contributed by atoms with Gasteiger partial charge in [-0.3, -0.25) is 0 Å². The zero-order chi connectivity index (χ0) is 46.8. The third kappa shape index (κ3) is 9.92. The molecule has 0 radical (unpaired) electrons. The van der Waals surface area contributed by atoms with Gasteiger partial charge in [0, 0.05) is 45.0 Å². The molecule has 0 aliphatic rings. The van der Waals surface area contributed by atoms with Crippen LogP contribution in [0.2, 0.25) is 0 Å². The van der Waals surface area contributed by atoms with Crippen LogP contribution in [0.15, 0.2) is 243 Å². The molecule has 0 aromatic heterocycles. The third-order valence-electron chi connectivity index (χ3n) is 13.8. The molecule has 9 rings (SSSR count). The average Bonchev–Trinajstić information content (AvgIpc) is 3.41. The first-order valence-electron chi connectivity index (χ1n) is 24.0. The topological polar surface area (TPSA) is 6.48 Å². The Morgan fingerprint density at radius 3 is 0.838 bits per heavy atom. The highest BCUT2D eigenvalue weighted by molar-refractivity contribution is 5.80. The normalized spacial score (nSPS) is 11.8. The SMILES string of the molecule is CCC(CC)(c1ccc(N(c2ccccc2)c2ccc(/C=C/c3ccccc3)cc2)cc1)c1ccc(C(C)(C)c2ccc(N(c3ccccc3)c3ccc(/C=C/c4ccccc4)cc3)cc2)cc1. The zero-order valence-corrected chi connectivity index (χ0v) is 39.7. The summed E-state index contributed by atoms with van der Waals surface area (Å²) < 4.78 is 0. The second-order valence-corrected chi connectivity index (χ2v) is 18.1. The molecule has 0 heterocycles. The minimum atomic E-state index is -0.207. The van der Waals surface area contributed by atoms with Crippen molar-refractivity contribution in [1.29, 1.82) is 0 Å². The molecule has 0 unspecified atom stereocenters. The summed E-state index contributed by atoms with van der Waals surface area (Å²) >= 11 is 0. The van der Waals surface area contributed by atoms with Crippen molar-refractivity contribution >= 4 is 58.4 Å². The van der Waals surface area contributed by atoms with E-state index in [1.54, 1.807) is 0 Å². The summed E-state index contributed by atoms with van der Waals surface area (Å²) in [4.78, 5) is 4.68. The Labute approximate surface area is 404 Å². The van der Waals surface area contributed by atoms with Crippen LogP contribution in [0.25, 0.3) is 24.3 Å². The van der Waals surface area contributed by atoms with Gasteiger partial charge in [0.05, 0.1) is 0 Å². The van der Waals surface area contributed by atoms with Crippen LogP contribution < -0.4 is 9.80 Å². The monoisotopic (exact) mass is 880 g/mol. The van der Waals surface area contributed by atoms with Crippen LogP contribution in [0, 0.1) is 0 Å². The maximum Gasteiger partial charge on any atom is 0.0462 e. The van der Waals surface area contributed by atoms with Crippen LogP contribution in [0.5, 0.6) is 0 Å². The molecule has 0 saturated heterocycles. The van der Waals surface area contributed by atoms with Gasteiger partial charge >= 0.3 is 0 Å². The molecule has 0 N–H and O–H groups in total. The second kappa shape index (κ2) is 20.7. The van der Waals surface area contributed by atoms with Gasteiger partial charge in [-0.15, -0.1) is 0 Å². The highest BCUT2D eigenvalue weighted by atomic mass is 15.1. The number of hydrogen-bond acceptors (Lipinski definition) is 2. The van der Waals surface area contributed by atoms with E-state index < -0.39 is 0 Å². The van der Waals surface area contributed by atoms with Crippen molar-refractivity contribution in [2.45, 2.75) is 51.4 Å². The maximum atomic E-state index is 2.38. The first kappa shape index (κ1) is 45.2. The molecule has 0 bridgehead atoms. The lowest BCUT2D eigenvalue weighted by atomic mass is 9.69. The summed E-state index contributed by atoms with van der Waals surface area (Å²) in [5.41, 5.74) is 16.4. The Bertz CT molecular complexity index is 3020. The fourth-order valence-electron chi connectivity index (χ4n) is 9.59. The van der Waals surface area contributed by atoms with E-state index in [1.165, 1.54) is 38.9 Å². The van der Waals surface area contributed by atoms with Crippen molar-refractivity contribution in [3.05, 3.63) is 287 Å². The highest BCUT2D eigenvalue weighted by Crippen LogP contribution is 2.43. The number of hydrogen-bond donors (Lipinski definition) is 0. The first-order chi connectivity index (χ1) is 33.3. The number of anilines is 6. The number of rotatable bonds is 16. The zero-order valence-electron chi connectivity index (χ0n) is 39.7. The van der Waals surface area contributed by atoms with E-state index in [9.17, 15) is 0 Å². The summed E-state index contributed by atoms with van der Waals surface area (Å²) in [7, 11) is 0. The van der Waals surface area contributed by atoms with Gasteiger partial charge < -0.3 is 9.80 Å². The van der Waals surface area contributed by atoms with E-state index in [0.717, 1.165) is 52.5 Å². The number of para-hydroxylation sites is 2. The molecule has 0 atom stereocenters. The summed E-state index contributed by atoms with van der Waals surface area (Å²) in [6.45, 7) is 9.34. The van der Waals surface area contributed by atoms with Gasteiger partial charge in [0.2, 0.25) is 0 Å². The van der Waals surface area contributed by atoms with E-state index in [1.807, 2.05) is 12.1 Å². The summed E-state index contributed by atoms with van der Waals surface area (Å²) in [6.07, 6.45) is 10.7. The molecule has 0 amide bonds. The molecular weight excluding hydrogens is 821 g/mol. The van der Waals surface area contributed by atoms with Crippen LogP contribution in [0.1, 0.15) is 85.0 Å². The fourth-order valence-corrected chi connectivity index (χ4v) is 9.59. The van der Waals surface area contributed by atoms with E-state index in [2.05, 4.69) is 292 Å². The largest absolute Gasteiger partial charge is 0.311 e. The molecule has 0 fully saturated rings. The fraction of sp³-hybridized carbons (Fsp3) is 0.121. The van der Waals surface area contributed by atoms with Crippen molar-refractivity contribution in [1.82, 2.24) is 0 Å². The van der Waals surface area contributed by atoms with Gasteiger partial charge in [-0.2, -0.15) is 0 Å². The Kier molecular flexibility index (Phi) is 13.8. The van der Waals surface area contributed by atoms with Crippen molar-refractivity contribution < 1.29 is 0 Å². The Balaban J connectivity index is 0.944. The second-order valence-electron chi connectivity index (χ2n) is 18.1. The summed E-state index contributed by atoms with van der Waals surface area (Å²) in [5, 5.41) is 0. The molecule has 0 spiro atoms. The molecule has 2 heteroatoms. The smallest absolute Gasteiger partial charge is 0.0462 e. The van der Waals surface area contributed by atoms with Crippen molar-refractivity contribution in [3.63, 3.8) is 0 Å². The Morgan fingerprint density at radius 2 is 0.515 bits per heavy atom. The van der Waals surface area contributed by atoms with Crippen LogP contribution >= 0.6 is 0 Å². The maximum absolute atomic E-state index is 2.38. The minimum Gasteiger partial charge on any atom is -0.311 e. The molecule has 9 aromatic carbocycles. The van der Waals surface area contributed by atoms with Crippen LogP contribution in [-0.4, -0.2) is 0 Å². The summed E-state index contributed by atoms with van der Waals surface area (Å²) in [6, 6.07) is 87.7. The van der Waals surface area contributed by atoms with Crippen LogP contribution in [-0.2, 0) is 10.8 Å². The quantitative estimate of drug-likeness (QED) is 0.0892. The Hall–Kier alpha value is -7.94. The molecule has 334 valence electrons. The van der Waals surface area contributed by atoms with Crippen LogP contribution in [0.4, 0.5) is 34.1 Å². The van der Waals surface area contributed by atoms with Gasteiger partial charge in [-0.05, 0) is 130 Å². The third-order valence-corrected chi connectivity index (χ3v) is 13.8. The molecule has 0 aliphatic heterocycles. The standard InChI is InChI=1S/C66H60N2/c1-5-66(6-2,58-41-49-64(50-42-58)68(60-25-17-10-18-26-60)62-45-33-54(34-46-62)30-28-52-21-13-8-14-22-52)57-37-35-55(36-38-57)65(3,4)56-39-47-63(48-40-56)67(59-23-15-9-16-24-59)61-43-31-53(32-44-61)29-27-51-19-11-7-12-20-51/h7-50H,5-6H2,1-4H3/b29-27+,30-28+. The molecular formula is C66H60N2. The lowest BCUT2D eigenvalue weighted by molar-refractivity contribution is 0.478. The predicted molar refractivity (Wildman–Crippen MR) is 293 cm³/mol. The molecule has 0 saturated carbocycles. The molecule has 9 aromatic rings. The van der Waals surface area contributed by atoms with Crippen molar-refractivity contribution in [2.24, 2.45) is 0 Å². The van der Waals surface area contributed by atoms with E-state index >= 15 is 0 Å². The highest BCUT2D eigenvalue weighted by Gasteiger charge is 2.32. The van der Waals surface area contributed by atoms with Crippen LogP contribution in [0.3, 0.4) is 0 Å². The minimum absolute atomic E-state index is 0.121. The lowest BCUT2D eigenvalue weighted by Crippen LogP contribution is -2.27. The summed E-state index contributed by atoms with van der Waals surface area (Å²) in [5.74, 6) is 0. The van der Waals surface area contributed by atoms with E-state index in [-0.39, 0.29) is 10.8 Å². The van der Waals surface area contributed by atoms with Crippen molar-refractivity contribution in [2.75, 3.05) is 9.80 Å².